The number of fused-ring (bicyclic) bond motifs is 1. The lowest BCUT2D eigenvalue weighted by molar-refractivity contribution is -0.274. The summed E-state index contributed by atoms with van der Waals surface area (Å²) >= 11 is 5.52. The number of hydrogen-bond donors (Lipinski definition) is 0. The minimum Gasteiger partial charge on any atom is -0.446 e. The predicted octanol–water partition coefficient (Wildman–Crippen LogP) is 6.08. The first kappa shape index (κ1) is 26.3. The van der Waals surface area contributed by atoms with Gasteiger partial charge in [-0.2, -0.15) is 0 Å². The van der Waals surface area contributed by atoms with Crippen LogP contribution in [0.1, 0.15) is 25.0 Å². The smallest absolute Gasteiger partial charge is 0.446 e. The highest BCUT2D eigenvalue weighted by atomic mass is 32.8. The second kappa shape index (κ2) is 10.5. The molecular formula is C27H23F3N2O4S2. The second-order valence-corrected chi connectivity index (χ2v) is 12.1. The molecule has 1 aliphatic heterocycles. The normalized spacial score (nSPS) is 17.9. The molecule has 0 spiro atoms. The molecule has 0 N–H and O–H groups in total. The zero-order valence-electron chi connectivity index (χ0n) is 20.0. The molecule has 0 radical (unpaired) electrons. The van der Waals surface area contributed by atoms with E-state index < -0.39 is 21.1 Å². The third-order valence-electron chi connectivity index (χ3n) is 6.41. The average molecular weight is 561 g/mol. The van der Waals surface area contributed by atoms with Gasteiger partial charge in [0, 0.05) is 47.5 Å². The molecule has 1 unspecified atom stereocenters. The molecule has 2 aromatic carbocycles. The molecule has 5 rings (SSSR count). The molecule has 11 heteroatoms. The summed E-state index contributed by atoms with van der Waals surface area (Å²) in [6.07, 6.45) is -1.36. The number of carbonyl (C=O) groups is 1. The topological polar surface area (TPSA) is 72.6 Å². The van der Waals surface area contributed by atoms with E-state index in [9.17, 15) is 22.2 Å². The number of halogens is 3. The van der Waals surface area contributed by atoms with Crippen LogP contribution in [0.3, 0.4) is 0 Å². The van der Waals surface area contributed by atoms with Gasteiger partial charge in [-0.1, -0.05) is 30.3 Å². The monoisotopic (exact) mass is 560 g/mol. The summed E-state index contributed by atoms with van der Waals surface area (Å²) in [6, 6.07) is 17.5. The Labute approximate surface area is 222 Å². The zero-order valence-corrected chi connectivity index (χ0v) is 21.7. The summed E-state index contributed by atoms with van der Waals surface area (Å²) < 4.78 is 62.2. The van der Waals surface area contributed by atoms with Crippen molar-refractivity contribution in [3.63, 3.8) is 0 Å². The number of Topliss-reactive ketones (excluding diaryl/α,β-unsaturated/α-hetero) is 1. The maximum Gasteiger partial charge on any atom is 0.573 e. The highest BCUT2D eigenvalue weighted by Crippen LogP contribution is 2.32. The fourth-order valence-electron chi connectivity index (χ4n) is 4.61. The summed E-state index contributed by atoms with van der Waals surface area (Å²) in [5.41, 5.74) is 2.69. The van der Waals surface area contributed by atoms with E-state index in [4.69, 9.17) is 15.6 Å². The number of ketones is 1. The van der Waals surface area contributed by atoms with Crippen LogP contribution in [0.2, 0.25) is 0 Å². The van der Waals surface area contributed by atoms with Crippen molar-refractivity contribution in [1.29, 1.82) is 0 Å². The van der Waals surface area contributed by atoms with Crippen molar-refractivity contribution in [2.75, 3.05) is 6.54 Å². The lowest BCUT2D eigenvalue weighted by atomic mass is 10.0. The summed E-state index contributed by atoms with van der Waals surface area (Å²) in [5, 5.41) is 0.991. The Bertz CT molecular complexity index is 1530. The Morgan fingerprint density at radius 1 is 1.11 bits per heavy atom. The molecule has 0 aliphatic carbocycles. The fourth-order valence-corrected chi connectivity index (χ4v) is 7.02. The highest BCUT2D eigenvalue weighted by Gasteiger charge is 2.38. The largest absolute Gasteiger partial charge is 0.573 e. The highest BCUT2D eigenvalue weighted by molar-refractivity contribution is 8.31. The van der Waals surface area contributed by atoms with E-state index in [0.29, 0.717) is 42.6 Å². The third kappa shape index (κ3) is 5.74. The first-order valence-corrected chi connectivity index (χ1v) is 14.4. The second-order valence-electron chi connectivity index (χ2n) is 8.95. The first-order chi connectivity index (χ1) is 18.1. The lowest BCUT2D eigenvalue weighted by Crippen LogP contribution is -2.40. The van der Waals surface area contributed by atoms with E-state index in [0.717, 1.165) is 10.9 Å². The summed E-state index contributed by atoms with van der Waals surface area (Å²) in [4.78, 5) is 17.5. The summed E-state index contributed by atoms with van der Waals surface area (Å²) in [6.45, 7) is 0.442. The lowest BCUT2D eigenvalue weighted by Gasteiger charge is -2.24. The molecule has 2 atom stereocenters. The number of ether oxygens (including phenoxy) is 1. The van der Waals surface area contributed by atoms with Gasteiger partial charge in [-0.15, -0.1) is 13.2 Å². The molecule has 6 nitrogen and oxygen atoms in total. The molecule has 3 heterocycles. The Balaban J connectivity index is 1.26. The molecule has 0 saturated carbocycles. The van der Waals surface area contributed by atoms with Crippen LogP contribution in [0.5, 0.6) is 5.75 Å². The Morgan fingerprint density at radius 2 is 1.87 bits per heavy atom. The summed E-state index contributed by atoms with van der Waals surface area (Å²) in [5.74, 6) is -0.375. The number of aromatic nitrogens is 1. The number of pyridine rings is 1. The van der Waals surface area contributed by atoms with E-state index in [2.05, 4.69) is 9.72 Å². The molecule has 1 fully saturated rings. The van der Waals surface area contributed by atoms with Crippen LogP contribution >= 0.6 is 0 Å². The Kier molecular flexibility index (Phi) is 7.26. The van der Waals surface area contributed by atoms with Gasteiger partial charge >= 0.3 is 6.36 Å². The van der Waals surface area contributed by atoms with Crippen LogP contribution in [0.25, 0.3) is 22.1 Å². The molecule has 0 bridgehead atoms. The first-order valence-electron chi connectivity index (χ1n) is 11.9. The van der Waals surface area contributed by atoms with Gasteiger partial charge in [0.2, 0.25) is 5.09 Å². The predicted molar refractivity (Wildman–Crippen MR) is 139 cm³/mol. The number of hydrogen-bond acceptors (Lipinski definition) is 6. The van der Waals surface area contributed by atoms with Gasteiger partial charge in [0.15, 0.2) is 14.5 Å². The number of aryl methyl sites for hydroxylation is 1. The van der Waals surface area contributed by atoms with Crippen LogP contribution in [-0.2, 0) is 31.1 Å². The van der Waals surface area contributed by atoms with Gasteiger partial charge in [-0.25, -0.2) is 8.51 Å². The number of nitrogens with zero attached hydrogens (tertiary/aromatic N) is 2. The average Bonchev–Trinajstić information content (AvgIpc) is 3.55. The number of furan rings is 1. The summed E-state index contributed by atoms with van der Waals surface area (Å²) in [7, 11) is -3.15. The minimum absolute atomic E-state index is 0.0722. The Morgan fingerprint density at radius 3 is 2.61 bits per heavy atom. The van der Waals surface area contributed by atoms with Crippen LogP contribution in [0, 0.1) is 0 Å². The maximum atomic E-state index is 13.7. The van der Waals surface area contributed by atoms with Gasteiger partial charge < -0.3 is 9.15 Å². The number of para-hydroxylation sites is 1. The van der Waals surface area contributed by atoms with Gasteiger partial charge in [-0.05, 0) is 60.7 Å². The SMILES string of the molecule is O=C(CCc1cc(-c2ccc(OC(F)(F)F)cc2)ccn1)[C@@H]1CCCN1S(=O)(=S)c1cc2ccccc2o1. The number of alkyl halides is 3. The number of carbonyl (C=O) groups excluding carboxylic acids is 1. The van der Waals surface area contributed by atoms with Crippen LogP contribution in [0.15, 0.2) is 82.4 Å². The number of rotatable bonds is 8. The maximum absolute atomic E-state index is 13.7. The van der Waals surface area contributed by atoms with Crippen molar-refractivity contribution in [2.24, 2.45) is 0 Å². The van der Waals surface area contributed by atoms with Crippen LogP contribution in [-0.4, -0.2) is 38.2 Å². The van der Waals surface area contributed by atoms with E-state index in [1.807, 2.05) is 18.2 Å². The standard InChI is InChI=1S/C27H23F3N2O4S2/c28-27(29,30)36-22-10-7-18(8-11-22)19-13-14-31-21(16-19)9-12-24(33)23-5-3-15-32(23)38(34,37)26-17-20-4-1-2-6-25(20)35-26/h1-2,4,6-8,10-11,13-14,16-17,23H,3,5,9,12,15H2/t23-,38?/m0/s1. The molecule has 1 aliphatic rings. The molecule has 38 heavy (non-hydrogen) atoms. The van der Waals surface area contributed by atoms with Crippen LogP contribution in [0.4, 0.5) is 13.2 Å². The van der Waals surface area contributed by atoms with Crippen molar-refractivity contribution >= 4 is 36.6 Å². The number of benzene rings is 2. The van der Waals surface area contributed by atoms with E-state index >= 15 is 0 Å². The Hall–Kier alpha value is -3.28. The molecular weight excluding hydrogens is 537 g/mol. The van der Waals surface area contributed by atoms with Gasteiger partial charge in [0.1, 0.15) is 11.3 Å². The van der Waals surface area contributed by atoms with Crippen molar-refractivity contribution in [2.45, 2.75) is 43.2 Å². The van der Waals surface area contributed by atoms with Gasteiger partial charge in [0.25, 0.3) is 0 Å². The fraction of sp³-hybridized carbons (Fsp3) is 0.259. The van der Waals surface area contributed by atoms with Crippen molar-refractivity contribution in [3.8, 4) is 16.9 Å². The zero-order chi connectivity index (χ0) is 26.9. The quantitative estimate of drug-likeness (QED) is 0.260. The van der Waals surface area contributed by atoms with E-state index in [1.165, 1.54) is 24.3 Å². The molecule has 2 aromatic heterocycles. The third-order valence-corrected chi connectivity index (χ3v) is 9.24. The van der Waals surface area contributed by atoms with E-state index in [1.54, 1.807) is 34.8 Å². The molecule has 4 aromatic rings. The molecule has 0 amide bonds. The van der Waals surface area contributed by atoms with Gasteiger partial charge in [0.05, 0.1) is 6.04 Å². The van der Waals surface area contributed by atoms with Crippen molar-refractivity contribution in [3.05, 3.63) is 78.6 Å². The van der Waals surface area contributed by atoms with E-state index in [-0.39, 0.29) is 23.0 Å². The van der Waals surface area contributed by atoms with Gasteiger partial charge in [-0.3, -0.25) is 9.78 Å². The van der Waals surface area contributed by atoms with Crippen molar-refractivity contribution < 1.29 is 31.3 Å². The minimum atomic E-state index is -4.75. The van der Waals surface area contributed by atoms with Crippen LogP contribution < -0.4 is 4.74 Å². The molecule has 1 saturated heterocycles. The molecule has 198 valence electrons. The van der Waals surface area contributed by atoms with Crippen molar-refractivity contribution in [1.82, 2.24) is 9.29 Å².